The number of ether oxygens (including phenoxy) is 1. The molecule has 2 amide bonds. The summed E-state index contributed by atoms with van der Waals surface area (Å²) in [5, 5.41) is 7.74. The minimum Gasteiger partial charge on any atom is -0.376 e. The van der Waals surface area contributed by atoms with Gasteiger partial charge in [0.25, 0.3) is 0 Å². The van der Waals surface area contributed by atoms with Gasteiger partial charge in [0.15, 0.2) is 0 Å². The highest BCUT2D eigenvalue weighted by Crippen LogP contribution is 2.24. The molecule has 1 N–H and O–H groups in total. The minimum atomic E-state index is -0.137. The van der Waals surface area contributed by atoms with Crippen molar-refractivity contribution in [1.29, 1.82) is 0 Å². The van der Waals surface area contributed by atoms with Crippen LogP contribution in [-0.2, 0) is 11.2 Å². The standard InChI is InChI=1S/C20H28N4O2/c1-4-18-15(2)19(24(22-18)16-10-6-5-7-11-16)21-20(25)23(3)14-17-12-8-9-13-26-17/h5-7,10-11,17H,4,8-9,12-14H2,1-3H3,(H,21,25)/t17-/m0/s1. The van der Waals surface area contributed by atoms with E-state index in [1.54, 1.807) is 4.90 Å². The van der Waals surface area contributed by atoms with Gasteiger partial charge in [-0.2, -0.15) is 5.10 Å². The van der Waals surface area contributed by atoms with Gasteiger partial charge in [-0.3, -0.25) is 5.32 Å². The average Bonchev–Trinajstić information content (AvgIpc) is 2.99. The van der Waals surface area contributed by atoms with E-state index >= 15 is 0 Å². The molecule has 1 atom stereocenters. The molecule has 2 heterocycles. The number of nitrogens with one attached hydrogen (secondary N) is 1. The molecule has 26 heavy (non-hydrogen) atoms. The molecule has 0 unspecified atom stereocenters. The van der Waals surface area contributed by atoms with Crippen molar-refractivity contribution in [2.45, 2.75) is 45.6 Å². The Hall–Kier alpha value is -2.34. The normalized spacial score (nSPS) is 17.1. The molecule has 1 aliphatic rings. The maximum Gasteiger partial charge on any atom is 0.322 e. The summed E-state index contributed by atoms with van der Waals surface area (Å²) in [4.78, 5) is 14.4. The maximum absolute atomic E-state index is 12.7. The Labute approximate surface area is 155 Å². The molecular weight excluding hydrogens is 328 g/mol. The van der Waals surface area contributed by atoms with Gasteiger partial charge in [-0.15, -0.1) is 0 Å². The van der Waals surface area contributed by atoms with Gasteiger partial charge >= 0.3 is 6.03 Å². The van der Waals surface area contributed by atoms with Crippen LogP contribution < -0.4 is 5.32 Å². The van der Waals surface area contributed by atoms with E-state index in [4.69, 9.17) is 4.74 Å². The molecule has 3 rings (SSSR count). The fourth-order valence-electron chi connectivity index (χ4n) is 3.32. The molecule has 140 valence electrons. The lowest BCUT2D eigenvalue weighted by Gasteiger charge is -2.27. The van der Waals surface area contributed by atoms with Crippen LogP contribution in [0.3, 0.4) is 0 Å². The van der Waals surface area contributed by atoms with Crippen LogP contribution in [0.2, 0.25) is 0 Å². The Bertz CT molecular complexity index is 736. The highest BCUT2D eigenvalue weighted by Gasteiger charge is 2.22. The number of rotatable bonds is 5. The average molecular weight is 356 g/mol. The third-order valence-corrected chi connectivity index (χ3v) is 4.88. The van der Waals surface area contributed by atoms with Gasteiger partial charge < -0.3 is 9.64 Å². The van der Waals surface area contributed by atoms with Crippen LogP contribution in [0.25, 0.3) is 5.69 Å². The third-order valence-electron chi connectivity index (χ3n) is 4.88. The van der Waals surface area contributed by atoms with Gasteiger partial charge in [-0.1, -0.05) is 25.1 Å². The number of nitrogens with zero attached hydrogens (tertiary/aromatic N) is 3. The fourth-order valence-corrected chi connectivity index (χ4v) is 3.32. The second-order valence-electron chi connectivity index (χ2n) is 6.82. The van der Waals surface area contributed by atoms with Crippen LogP contribution in [0.5, 0.6) is 0 Å². The first-order valence-electron chi connectivity index (χ1n) is 9.37. The molecule has 1 aromatic carbocycles. The zero-order valence-electron chi connectivity index (χ0n) is 15.9. The van der Waals surface area contributed by atoms with Crippen molar-refractivity contribution in [2.75, 3.05) is 25.5 Å². The van der Waals surface area contributed by atoms with E-state index in [2.05, 4.69) is 17.3 Å². The third kappa shape index (κ3) is 4.07. The molecule has 0 saturated carbocycles. The summed E-state index contributed by atoms with van der Waals surface area (Å²) >= 11 is 0. The molecule has 2 aromatic rings. The van der Waals surface area contributed by atoms with E-state index in [0.29, 0.717) is 6.54 Å². The van der Waals surface area contributed by atoms with Crippen molar-refractivity contribution in [2.24, 2.45) is 0 Å². The van der Waals surface area contributed by atoms with Gasteiger partial charge in [0.1, 0.15) is 5.82 Å². The summed E-state index contributed by atoms with van der Waals surface area (Å²) in [5.41, 5.74) is 2.93. The summed E-state index contributed by atoms with van der Waals surface area (Å²) in [6.07, 6.45) is 4.24. The minimum absolute atomic E-state index is 0.130. The number of aromatic nitrogens is 2. The number of carbonyl (C=O) groups excluding carboxylic acids is 1. The first kappa shape index (κ1) is 18.5. The van der Waals surface area contributed by atoms with Gasteiger partial charge in [0, 0.05) is 25.8 Å². The quantitative estimate of drug-likeness (QED) is 0.887. The predicted molar refractivity (Wildman–Crippen MR) is 103 cm³/mol. The predicted octanol–water partition coefficient (Wildman–Crippen LogP) is 3.78. The number of hydrogen-bond acceptors (Lipinski definition) is 3. The van der Waals surface area contributed by atoms with E-state index in [1.165, 1.54) is 6.42 Å². The molecule has 1 aliphatic heterocycles. The molecule has 0 spiro atoms. The molecule has 0 bridgehead atoms. The molecular formula is C20H28N4O2. The van der Waals surface area contributed by atoms with Crippen LogP contribution in [0.1, 0.15) is 37.4 Å². The van der Waals surface area contributed by atoms with Crippen LogP contribution in [-0.4, -0.2) is 47.0 Å². The highest BCUT2D eigenvalue weighted by molar-refractivity contribution is 5.89. The monoisotopic (exact) mass is 356 g/mol. The maximum atomic E-state index is 12.7. The smallest absolute Gasteiger partial charge is 0.322 e. The lowest BCUT2D eigenvalue weighted by molar-refractivity contribution is 0.00463. The molecule has 0 aliphatic carbocycles. The van der Waals surface area contributed by atoms with Gasteiger partial charge in [-0.25, -0.2) is 9.48 Å². The summed E-state index contributed by atoms with van der Waals surface area (Å²) in [7, 11) is 1.81. The summed E-state index contributed by atoms with van der Waals surface area (Å²) in [6.45, 7) is 5.47. The molecule has 6 heteroatoms. The van der Waals surface area contributed by atoms with E-state index in [1.807, 2.05) is 49.0 Å². The number of carbonyl (C=O) groups is 1. The van der Waals surface area contributed by atoms with Crippen LogP contribution in [0.15, 0.2) is 30.3 Å². The van der Waals surface area contributed by atoms with Crippen molar-refractivity contribution in [1.82, 2.24) is 14.7 Å². The summed E-state index contributed by atoms with van der Waals surface area (Å²) < 4.78 is 7.56. The number of hydrogen-bond donors (Lipinski definition) is 1. The van der Waals surface area contributed by atoms with Crippen molar-refractivity contribution in [3.05, 3.63) is 41.6 Å². The van der Waals surface area contributed by atoms with Crippen LogP contribution in [0, 0.1) is 6.92 Å². The Kier molecular flexibility index (Phi) is 5.93. The number of amides is 2. The molecule has 0 radical (unpaired) electrons. The lowest BCUT2D eigenvalue weighted by atomic mass is 10.1. The number of para-hydroxylation sites is 1. The van der Waals surface area contributed by atoms with Crippen molar-refractivity contribution >= 4 is 11.8 Å². The number of anilines is 1. The van der Waals surface area contributed by atoms with E-state index < -0.39 is 0 Å². The number of aryl methyl sites for hydroxylation is 1. The Morgan fingerprint density at radius 2 is 2.12 bits per heavy atom. The van der Waals surface area contributed by atoms with Crippen LogP contribution in [0.4, 0.5) is 10.6 Å². The first-order chi connectivity index (χ1) is 12.6. The van der Waals surface area contributed by atoms with Gasteiger partial charge in [0.05, 0.1) is 17.5 Å². The molecule has 6 nitrogen and oxygen atoms in total. The molecule has 1 aromatic heterocycles. The Balaban J connectivity index is 1.77. The zero-order chi connectivity index (χ0) is 18.5. The number of benzene rings is 1. The Morgan fingerprint density at radius 3 is 2.77 bits per heavy atom. The van der Waals surface area contributed by atoms with E-state index in [-0.39, 0.29) is 12.1 Å². The van der Waals surface area contributed by atoms with E-state index in [9.17, 15) is 4.79 Å². The van der Waals surface area contributed by atoms with Gasteiger partial charge in [0.2, 0.25) is 0 Å². The first-order valence-corrected chi connectivity index (χ1v) is 9.37. The second-order valence-corrected chi connectivity index (χ2v) is 6.82. The molecule has 1 fully saturated rings. The number of likely N-dealkylation sites (N-methyl/N-ethyl adjacent to an activating group) is 1. The van der Waals surface area contributed by atoms with Crippen molar-refractivity contribution in [3.8, 4) is 5.69 Å². The van der Waals surface area contributed by atoms with Crippen molar-refractivity contribution in [3.63, 3.8) is 0 Å². The Morgan fingerprint density at radius 1 is 1.35 bits per heavy atom. The topological polar surface area (TPSA) is 59.4 Å². The van der Waals surface area contributed by atoms with Gasteiger partial charge in [-0.05, 0) is 44.7 Å². The lowest BCUT2D eigenvalue weighted by Crippen LogP contribution is -2.39. The molecule has 1 saturated heterocycles. The highest BCUT2D eigenvalue weighted by atomic mass is 16.5. The largest absolute Gasteiger partial charge is 0.376 e. The SMILES string of the molecule is CCc1nn(-c2ccccc2)c(NC(=O)N(C)C[C@@H]2CCCCO2)c1C. The fraction of sp³-hybridized carbons (Fsp3) is 0.500. The summed E-state index contributed by atoms with van der Waals surface area (Å²) in [5.74, 6) is 0.731. The van der Waals surface area contributed by atoms with Crippen molar-refractivity contribution < 1.29 is 9.53 Å². The van der Waals surface area contributed by atoms with Crippen LogP contribution >= 0.6 is 0 Å². The summed E-state index contributed by atoms with van der Waals surface area (Å²) in [6, 6.07) is 9.74. The van der Waals surface area contributed by atoms with E-state index in [0.717, 1.165) is 48.6 Å². The number of urea groups is 1. The second kappa shape index (κ2) is 8.36. The zero-order valence-corrected chi connectivity index (χ0v) is 15.9.